The standard InChI is InChI=1S/C8H16.C6H12.C3H8.2C2H6.W/c1-4-6-7-8(3)5-2;1-4-5-6(2)3;1-3-2;2*1-2;/h4,8H,1,5-7H2,2-3H3;4-6H,1-3H3;3H2,1-2H3;2*1-2H3;. The van der Waals surface area contributed by atoms with Crippen LogP contribution in [0.2, 0.25) is 0 Å². The molecule has 0 rings (SSSR count). The summed E-state index contributed by atoms with van der Waals surface area (Å²) in [4.78, 5) is 0. The summed E-state index contributed by atoms with van der Waals surface area (Å²) in [5, 5.41) is 0. The van der Waals surface area contributed by atoms with Gasteiger partial charge in [0.1, 0.15) is 0 Å². The Hall–Kier alpha value is 0.168. The molecule has 0 amide bonds. The summed E-state index contributed by atoms with van der Waals surface area (Å²) in [7, 11) is 0. The first-order valence-corrected chi connectivity index (χ1v) is 9.23. The maximum absolute atomic E-state index is 3.67. The summed E-state index contributed by atoms with van der Waals surface area (Å²) in [6, 6.07) is 0. The first-order valence-electron chi connectivity index (χ1n) is 9.23. The Morgan fingerprint density at radius 3 is 1.41 bits per heavy atom. The molecule has 0 N–H and O–H groups in total. The van der Waals surface area contributed by atoms with Crippen LogP contribution in [0, 0.1) is 11.8 Å². The molecule has 0 aliphatic rings. The first-order chi connectivity index (χ1) is 9.99. The van der Waals surface area contributed by atoms with Crippen LogP contribution in [0.25, 0.3) is 0 Å². The third-order valence-corrected chi connectivity index (χ3v) is 2.14. The van der Waals surface area contributed by atoms with Crippen LogP contribution in [-0.4, -0.2) is 0 Å². The van der Waals surface area contributed by atoms with Crippen LogP contribution in [0.3, 0.4) is 0 Å². The monoisotopic (exact) mass is 484 g/mol. The molecule has 0 aliphatic carbocycles. The third kappa shape index (κ3) is 88.2. The Morgan fingerprint density at radius 1 is 0.909 bits per heavy atom. The first kappa shape index (κ1) is 38.0. The van der Waals surface area contributed by atoms with Gasteiger partial charge in [-0.25, -0.2) is 0 Å². The second kappa shape index (κ2) is 49.7. The molecule has 1 unspecified atom stereocenters. The number of hydrogen-bond donors (Lipinski definition) is 0. The molecule has 0 saturated heterocycles. The summed E-state index contributed by atoms with van der Waals surface area (Å²) in [6.07, 6.45) is 11.3. The van der Waals surface area contributed by atoms with Crippen molar-refractivity contribution >= 4 is 0 Å². The fourth-order valence-corrected chi connectivity index (χ4v) is 0.991. The SMILES string of the molecule is C=CCCC(C)CC.CC.CC.CC=CC(C)C.CCC.[W]. The number of rotatable bonds is 5. The Balaban J connectivity index is -0.0000000407. The Kier molecular flexibility index (Phi) is 85.8. The molecule has 0 bridgehead atoms. The molecule has 0 heterocycles. The van der Waals surface area contributed by atoms with Gasteiger partial charge in [-0.2, -0.15) is 0 Å². The van der Waals surface area contributed by atoms with Crippen molar-refractivity contribution in [1.82, 2.24) is 0 Å². The predicted molar refractivity (Wildman–Crippen MR) is 107 cm³/mol. The summed E-state index contributed by atoms with van der Waals surface area (Å²) in [5.74, 6) is 1.60. The van der Waals surface area contributed by atoms with Gasteiger partial charge in [0.05, 0.1) is 0 Å². The summed E-state index contributed by atoms with van der Waals surface area (Å²) >= 11 is 0. The minimum atomic E-state index is 0. The van der Waals surface area contributed by atoms with E-state index in [0.29, 0.717) is 0 Å². The van der Waals surface area contributed by atoms with Gasteiger partial charge in [-0.1, -0.05) is 100 Å². The molecule has 22 heavy (non-hydrogen) atoms. The average molecular weight is 484 g/mol. The molecule has 0 aromatic carbocycles. The van der Waals surface area contributed by atoms with Crippen LogP contribution in [-0.2, 0) is 21.1 Å². The van der Waals surface area contributed by atoms with Crippen molar-refractivity contribution in [2.45, 2.75) is 102 Å². The molecule has 1 atom stereocenters. The van der Waals surface area contributed by atoms with Gasteiger partial charge >= 0.3 is 0 Å². The minimum absolute atomic E-state index is 0. The normalized spacial score (nSPS) is 9.27. The van der Waals surface area contributed by atoms with Gasteiger partial charge in [0.2, 0.25) is 0 Å². The van der Waals surface area contributed by atoms with E-state index in [4.69, 9.17) is 0 Å². The van der Waals surface area contributed by atoms with Crippen molar-refractivity contribution in [3.63, 3.8) is 0 Å². The van der Waals surface area contributed by atoms with E-state index in [-0.39, 0.29) is 21.1 Å². The zero-order chi connectivity index (χ0) is 18.1. The molecule has 0 radical (unpaired) electrons. The van der Waals surface area contributed by atoms with E-state index in [1.807, 2.05) is 40.7 Å². The third-order valence-electron chi connectivity index (χ3n) is 2.14. The van der Waals surface area contributed by atoms with E-state index in [2.05, 4.69) is 60.3 Å². The van der Waals surface area contributed by atoms with Gasteiger partial charge in [-0.3, -0.25) is 0 Å². The van der Waals surface area contributed by atoms with Crippen LogP contribution in [0.15, 0.2) is 24.8 Å². The van der Waals surface area contributed by atoms with Crippen molar-refractivity contribution in [3.8, 4) is 0 Å². The van der Waals surface area contributed by atoms with Crippen LogP contribution in [0.4, 0.5) is 0 Å². The van der Waals surface area contributed by atoms with E-state index in [1.54, 1.807) is 0 Å². The average Bonchev–Trinajstić information content (AvgIpc) is 2.50. The van der Waals surface area contributed by atoms with Crippen molar-refractivity contribution < 1.29 is 21.1 Å². The van der Waals surface area contributed by atoms with E-state index >= 15 is 0 Å². The van der Waals surface area contributed by atoms with Crippen LogP contribution in [0.1, 0.15) is 102 Å². The van der Waals surface area contributed by atoms with Crippen LogP contribution < -0.4 is 0 Å². The predicted octanol–water partition coefficient (Wildman–Crippen LogP) is 8.68. The zero-order valence-electron chi connectivity index (χ0n) is 17.8. The molecule has 0 saturated carbocycles. The van der Waals surface area contributed by atoms with Crippen molar-refractivity contribution in [1.29, 1.82) is 0 Å². The Morgan fingerprint density at radius 2 is 1.27 bits per heavy atom. The zero-order valence-corrected chi connectivity index (χ0v) is 20.8. The number of allylic oxidation sites excluding steroid dienone is 3. The van der Waals surface area contributed by atoms with Gasteiger partial charge in [0, 0.05) is 21.1 Å². The molecule has 0 aromatic rings. The fourth-order valence-electron chi connectivity index (χ4n) is 0.991. The van der Waals surface area contributed by atoms with Crippen LogP contribution >= 0.6 is 0 Å². The molecule has 0 aliphatic heterocycles. The molecule has 0 aromatic heterocycles. The molecule has 1 heteroatoms. The van der Waals surface area contributed by atoms with E-state index in [9.17, 15) is 0 Å². The molecular weight excluding hydrogens is 436 g/mol. The molecule has 0 nitrogen and oxygen atoms in total. The molecule has 138 valence electrons. The van der Waals surface area contributed by atoms with Gasteiger partial charge in [0.15, 0.2) is 0 Å². The smallest absolute Gasteiger partial charge is 0 e. The topological polar surface area (TPSA) is 0 Å². The van der Waals surface area contributed by atoms with E-state index in [0.717, 1.165) is 11.8 Å². The van der Waals surface area contributed by atoms with Gasteiger partial charge in [0.25, 0.3) is 0 Å². The Bertz CT molecular complexity index is 148. The van der Waals surface area contributed by atoms with Gasteiger partial charge in [-0.05, 0) is 31.6 Å². The summed E-state index contributed by atoms with van der Waals surface area (Å²) in [5.41, 5.74) is 0. The van der Waals surface area contributed by atoms with Crippen molar-refractivity contribution in [2.24, 2.45) is 11.8 Å². The Labute approximate surface area is 159 Å². The molecule has 0 spiro atoms. The largest absolute Gasteiger partial charge is 0.103 e. The number of hydrogen-bond acceptors (Lipinski definition) is 0. The minimum Gasteiger partial charge on any atom is -0.103 e. The maximum atomic E-state index is 3.67. The second-order valence-corrected chi connectivity index (χ2v) is 4.86. The fraction of sp³-hybridized carbons (Fsp3) is 0.810. The van der Waals surface area contributed by atoms with Gasteiger partial charge in [-0.15, -0.1) is 6.58 Å². The van der Waals surface area contributed by atoms with E-state index in [1.165, 1.54) is 25.7 Å². The quantitative estimate of drug-likeness (QED) is 0.343. The van der Waals surface area contributed by atoms with E-state index < -0.39 is 0 Å². The van der Waals surface area contributed by atoms with Crippen molar-refractivity contribution in [3.05, 3.63) is 24.8 Å². The van der Waals surface area contributed by atoms with Crippen molar-refractivity contribution in [2.75, 3.05) is 0 Å². The van der Waals surface area contributed by atoms with Gasteiger partial charge < -0.3 is 0 Å². The maximum Gasteiger partial charge on any atom is 0 e. The summed E-state index contributed by atoms with van der Waals surface area (Å²) < 4.78 is 0. The second-order valence-electron chi connectivity index (χ2n) is 4.86. The van der Waals surface area contributed by atoms with Crippen LogP contribution in [0.5, 0.6) is 0 Å². The summed E-state index contributed by atoms with van der Waals surface area (Å²) in [6.45, 7) is 26.8. The molecule has 0 fully saturated rings. The molecular formula is C21H48W.